The molecular weight excluding hydrogens is 416 g/mol. The third-order valence-corrected chi connectivity index (χ3v) is 6.39. The van der Waals surface area contributed by atoms with Gasteiger partial charge in [0.1, 0.15) is 5.82 Å². The minimum absolute atomic E-state index is 0.190. The molecule has 2 fully saturated rings. The smallest absolute Gasteiger partial charge is 0.313 e. The molecule has 2 saturated heterocycles. The molecule has 0 aliphatic carbocycles. The van der Waals surface area contributed by atoms with E-state index < -0.39 is 11.8 Å². The van der Waals surface area contributed by atoms with Crippen molar-refractivity contribution in [3.8, 4) is 0 Å². The molecule has 2 aliphatic rings. The molecule has 0 bridgehead atoms. The summed E-state index contributed by atoms with van der Waals surface area (Å²) in [7, 11) is 2.14. The number of hydrogen-bond acceptors (Lipinski definition) is 6. The molecule has 178 valence electrons. The molecule has 1 aromatic heterocycles. The number of anilines is 2. The number of aromatic nitrogens is 1. The van der Waals surface area contributed by atoms with Crippen molar-refractivity contribution in [2.75, 3.05) is 50.8 Å². The van der Waals surface area contributed by atoms with Crippen LogP contribution in [0.25, 0.3) is 0 Å². The van der Waals surface area contributed by atoms with Gasteiger partial charge in [0.25, 0.3) is 0 Å². The van der Waals surface area contributed by atoms with Crippen molar-refractivity contribution < 1.29 is 9.59 Å². The van der Waals surface area contributed by atoms with Crippen LogP contribution in [-0.2, 0) is 9.59 Å². The van der Waals surface area contributed by atoms with Gasteiger partial charge in [0.2, 0.25) is 0 Å². The zero-order chi connectivity index (χ0) is 24.0. The fourth-order valence-corrected chi connectivity index (χ4v) is 4.28. The molecule has 2 amide bonds. The number of nitrogens with one attached hydrogen (secondary N) is 1. The quantitative estimate of drug-likeness (QED) is 0.527. The molecule has 3 rings (SSSR count). The van der Waals surface area contributed by atoms with E-state index in [1.807, 2.05) is 13.0 Å². The van der Waals surface area contributed by atoms with Crippen molar-refractivity contribution in [3.63, 3.8) is 0 Å². The maximum absolute atomic E-state index is 13.0. The number of nitrogen functional groups attached to an aromatic ring is 1. The number of carbonyl (C=O) groups is 2. The number of pyridine rings is 1. The van der Waals surface area contributed by atoms with E-state index >= 15 is 0 Å². The number of piperazine rings is 1. The van der Waals surface area contributed by atoms with Gasteiger partial charge < -0.3 is 25.8 Å². The Hall–Kier alpha value is -3.13. The summed E-state index contributed by atoms with van der Waals surface area (Å²) in [4.78, 5) is 36.1. The van der Waals surface area contributed by atoms with Crippen LogP contribution >= 0.6 is 0 Å². The van der Waals surface area contributed by atoms with Crippen LogP contribution in [0.15, 0.2) is 48.3 Å². The minimum Gasteiger partial charge on any atom is -0.383 e. The second-order valence-electron chi connectivity index (χ2n) is 8.80. The summed E-state index contributed by atoms with van der Waals surface area (Å²) in [5.74, 6) is -0.819. The molecule has 1 aromatic rings. The van der Waals surface area contributed by atoms with Crippen molar-refractivity contribution in [2.45, 2.75) is 39.2 Å². The molecule has 0 aromatic carbocycles. The third-order valence-electron chi connectivity index (χ3n) is 6.39. The maximum atomic E-state index is 13.0. The first-order valence-electron chi connectivity index (χ1n) is 11.6. The highest BCUT2D eigenvalue weighted by atomic mass is 16.2. The molecule has 8 heteroatoms. The van der Waals surface area contributed by atoms with Crippen molar-refractivity contribution in [1.82, 2.24) is 19.7 Å². The van der Waals surface area contributed by atoms with Crippen molar-refractivity contribution in [1.29, 1.82) is 0 Å². The lowest BCUT2D eigenvalue weighted by Crippen LogP contribution is -2.48. The Morgan fingerprint density at radius 2 is 1.91 bits per heavy atom. The summed E-state index contributed by atoms with van der Waals surface area (Å²) in [6.07, 6.45) is 10.3. The minimum atomic E-state index is -0.670. The van der Waals surface area contributed by atoms with Crippen LogP contribution in [0.1, 0.15) is 31.7 Å². The zero-order valence-corrected chi connectivity index (χ0v) is 20.0. The topological polar surface area (TPSA) is 94.8 Å². The molecule has 8 nitrogen and oxygen atoms in total. The van der Waals surface area contributed by atoms with Crippen LogP contribution in [0.5, 0.6) is 0 Å². The molecule has 0 saturated carbocycles. The van der Waals surface area contributed by atoms with Gasteiger partial charge in [-0.15, -0.1) is 0 Å². The van der Waals surface area contributed by atoms with Gasteiger partial charge in [0.15, 0.2) is 0 Å². The van der Waals surface area contributed by atoms with Crippen molar-refractivity contribution >= 4 is 23.3 Å². The number of aryl methyl sites for hydroxylation is 1. The van der Waals surface area contributed by atoms with Crippen LogP contribution in [0.4, 0.5) is 11.5 Å². The van der Waals surface area contributed by atoms with E-state index in [2.05, 4.69) is 45.9 Å². The highest BCUT2D eigenvalue weighted by Gasteiger charge is 2.32. The molecule has 0 unspecified atom stereocenters. The molecule has 0 spiro atoms. The fraction of sp³-hybridized carbons (Fsp3) is 0.480. The van der Waals surface area contributed by atoms with E-state index in [1.54, 1.807) is 17.9 Å². The number of rotatable bonds is 5. The van der Waals surface area contributed by atoms with E-state index in [1.165, 1.54) is 6.20 Å². The molecule has 0 radical (unpaired) electrons. The van der Waals surface area contributed by atoms with Crippen LogP contribution in [0.3, 0.4) is 0 Å². The summed E-state index contributed by atoms with van der Waals surface area (Å²) in [5.41, 5.74) is 8.93. The summed E-state index contributed by atoms with van der Waals surface area (Å²) in [6, 6.07) is 1.52. The zero-order valence-electron chi connectivity index (χ0n) is 20.0. The van der Waals surface area contributed by atoms with Gasteiger partial charge in [-0.05, 0) is 63.4 Å². The Labute approximate surface area is 196 Å². The van der Waals surface area contributed by atoms with Crippen LogP contribution < -0.4 is 11.1 Å². The van der Waals surface area contributed by atoms with E-state index in [0.717, 1.165) is 62.3 Å². The van der Waals surface area contributed by atoms with E-state index in [-0.39, 0.29) is 6.04 Å². The number of amides is 2. The average Bonchev–Trinajstić information content (AvgIpc) is 2.82. The Bertz CT molecular complexity index is 946. The summed E-state index contributed by atoms with van der Waals surface area (Å²) in [5, 5.41) is 2.66. The van der Waals surface area contributed by atoms with Crippen LogP contribution in [-0.4, -0.2) is 77.3 Å². The van der Waals surface area contributed by atoms with Gasteiger partial charge in [0, 0.05) is 38.4 Å². The lowest BCUT2D eigenvalue weighted by molar-refractivity contribution is -0.145. The second kappa shape index (κ2) is 11.1. The third kappa shape index (κ3) is 6.22. The molecule has 2 aliphatic heterocycles. The standard InChI is InChI=1S/C25H36N6O2/c1-5-21(30-14-12-29(4)13-15-30)10-9-18(2)22-8-6-7-11-31(22)25(33)24(32)28-20-16-19(3)23(26)27-17-20/h5,9-10,16-17,22H,2,6-8,11-15H2,1,3-4H3,(H2,26,27)(H,28,32)/b10-9-,21-5+/t22-/m0/s1. The van der Waals surface area contributed by atoms with Crippen molar-refractivity contribution in [2.24, 2.45) is 0 Å². The summed E-state index contributed by atoms with van der Waals surface area (Å²) < 4.78 is 0. The van der Waals surface area contributed by atoms with Crippen LogP contribution in [0.2, 0.25) is 0 Å². The van der Waals surface area contributed by atoms with Gasteiger partial charge in [-0.2, -0.15) is 0 Å². The fourth-order valence-electron chi connectivity index (χ4n) is 4.28. The van der Waals surface area contributed by atoms with Gasteiger partial charge in [0.05, 0.1) is 17.9 Å². The second-order valence-corrected chi connectivity index (χ2v) is 8.80. The van der Waals surface area contributed by atoms with Crippen molar-refractivity contribution in [3.05, 3.63) is 53.9 Å². The summed E-state index contributed by atoms with van der Waals surface area (Å²) >= 11 is 0. The average molecular weight is 453 g/mol. The SMILES string of the molecule is C=C(/C=C\C(=C/C)N1CCN(C)CC1)[C@@H]1CCCCN1C(=O)C(=O)Nc1cnc(N)c(C)c1. The molecule has 3 N–H and O–H groups in total. The highest BCUT2D eigenvalue weighted by Crippen LogP contribution is 2.24. The number of hydrogen-bond donors (Lipinski definition) is 2. The number of nitrogens with two attached hydrogens (primary N) is 1. The van der Waals surface area contributed by atoms with Gasteiger partial charge >= 0.3 is 11.8 Å². The largest absolute Gasteiger partial charge is 0.383 e. The summed E-state index contributed by atoms with van der Waals surface area (Å²) in [6.45, 7) is 12.7. The van der Waals surface area contributed by atoms with Crippen LogP contribution in [0, 0.1) is 6.92 Å². The predicted octanol–water partition coefficient (Wildman–Crippen LogP) is 2.56. The number of allylic oxidation sites excluding steroid dienone is 2. The maximum Gasteiger partial charge on any atom is 0.313 e. The monoisotopic (exact) mass is 452 g/mol. The van der Waals surface area contributed by atoms with E-state index in [0.29, 0.717) is 18.1 Å². The highest BCUT2D eigenvalue weighted by molar-refractivity contribution is 6.39. The number of nitrogens with zero attached hydrogens (tertiary/aromatic N) is 4. The number of likely N-dealkylation sites (tertiary alicyclic amines) is 1. The lowest BCUT2D eigenvalue weighted by atomic mass is 9.95. The first-order valence-corrected chi connectivity index (χ1v) is 11.6. The molecule has 33 heavy (non-hydrogen) atoms. The van der Waals surface area contributed by atoms with Gasteiger partial charge in [-0.25, -0.2) is 4.98 Å². The molecule has 1 atom stereocenters. The van der Waals surface area contributed by atoms with E-state index in [9.17, 15) is 9.59 Å². The number of likely N-dealkylation sites (N-methyl/N-ethyl adjacent to an activating group) is 1. The number of piperidine rings is 1. The normalized spacial score (nSPS) is 20.2. The lowest BCUT2D eigenvalue weighted by Gasteiger charge is -2.36. The first-order chi connectivity index (χ1) is 15.8. The first kappa shape index (κ1) is 24.5. The molecular formula is C25H36N6O2. The van der Waals surface area contributed by atoms with E-state index in [4.69, 9.17) is 5.73 Å². The van der Waals surface area contributed by atoms with Gasteiger partial charge in [-0.1, -0.05) is 18.7 Å². The Morgan fingerprint density at radius 3 is 2.58 bits per heavy atom. The Kier molecular flexibility index (Phi) is 8.27. The molecule has 3 heterocycles. The number of carbonyl (C=O) groups excluding carboxylic acids is 2. The Balaban J connectivity index is 1.66. The Morgan fingerprint density at radius 1 is 1.18 bits per heavy atom. The predicted molar refractivity (Wildman–Crippen MR) is 132 cm³/mol. The van der Waals surface area contributed by atoms with Gasteiger partial charge in [-0.3, -0.25) is 9.59 Å².